The van der Waals surface area contributed by atoms with E-state index < -0.39 is 0 Å². The van der Waals surface area contributed by atoms with Crippen molar-refractivity contribution in [3.8, 4) is 0 Å². The van der Waals surface area contributed by atoms with Crippen molar-refractivity contribution in [2.75, 3.05) is 20.1 Å². The van der Waals surface area contributed by atoms with Crippen LogP contribution in [0.15, 0.2) is 53.8 Å². The molecule has 1 saturated heterocycles. The maximum Gasteiger partial charge on any atom is 0.191 e. The summed E-state index contributed by atoms with van der Waals surface area (Å²) in [4.78, 5) is 6.97. The lowest BCUT2D eigenvalue weighted by Crippen LogP contribution is -2.39. The third-order valence-corrected chi connectivity index (χ3v) is 5.43. The van der Waals surface area contributed by atoms with Gasteiger partial charge in [-0.25, -0.2) is 0 Å². The minimum atomic E-state index is 0. The summed E-state index contributed by atoms with van der Waals surface area (Å²) in [5, 5.41) is 6.86. The summed E-state index contributed by atoms with van der Waals surface area (Å²) >= 11 is 0. The maximum absolute atomic E-state index is 4.35. The fraction of sp³-hybridized carbons (Fsp3) is 0.500. The molecule has 3 rings (SSSR count). The van der Waals surface area contributed by atoms with Gasteiger partial charge in [0.15, 0.2) is 5.96 Å². The largest absolute Gasteiger partial charge is 0.355 e. The first-order valence-corrected chi connectivity index (χ1v) is 10.1. The second-order valence-electron chi connectivity index (χ2n) is 7.36. The first-order chi connectivity index (χ1) is 13.3. The second-order valence-corrected chi connectivity index (χ2v) is 7.36. The Balaban J connectivity index is 0.00000280. The van der Waals surface area contributed by atoms with Crippen molar-refractivity contribution < 1.29 is 0 Å². The highest BCUT2D eigenvalue weighted by molar-refractivity contribution is 14.0. The van der Waals surface area contributed by atoms with Crippen LogP contribution in [0.1, 0.15) is 37.3 Å². The first kappa shape index (κ1) is 22.7. The molecule has 2 heterocycles. The van der Waals surface area contributed by atoms with Gasteiger partial charge in [0, 0.05) is 51.7 Å². The monoisotopic (exact) mass is 495 g/mol. The lowest BCUT2D eigenvalue weighted by Gasteiger charge is -2.33. The lowest BCUT2D eigenvalue weighted by atomic mass is 10.0. The van der Waals surface area contributed by atoms with Crippen LogP contribution in [0.2, 0.25) is 0 Å². The third kappa shape index (κ3) is 6.81. The van der Waals surface area contributed by atoms with Gasteiger partial charge in [0.05, 0.1) is 0 Å². The summed E-state index contributed by atoms with van der Waals surface area (Å²) in [6.45, 7) is 7.18. The molecule has 1 aliphatic rings. The summed E-state index contributed by atoms with van der Waals surface area (Å²) in [5.41, 5.74) is 2.77. The number of guanidine groups is 1. The summed E-state index contributed by atoms with van der Waals surface area (Å²) in [6.07, 6.45) is 8.17. The van der Waals surface area contributed by atoms with E-state index in [1.54, 1.807) is 0 Å². The molecule has 0 bridgehead atoms. The molecule has 1 aromatic carbocycles. The molecule has 5 nitrogen and oxygen atoms in total. The van der Waals surface area contributed by atoms with Crippen molar-refractivity contribution in [2.24, 2.45) is 4.99 Å². The fourth-order valence-electron chi connectivity index (χ4n) is 3.72. The Hall–Kier alpha value is -1.54. The minimum Gasteiger partial charge on any atom is -0.355 e. The molecule has 0 saturated carbocycles. The van der Waals surface area contributed by atoms with E-state index >= 15 is 0 Å². The first-order valence-electron chi connectivity index (χ1n) is 10.1. The number of benzene rings is 1. The Morgan fingerprint density at radius 2 is 1.82 bits per heavy atom. The van der Waals surface area contributed by atoms with E-state index in [0.29, 0.717) is 6.04 Å². The number of nitrogens with one attached hydrogen (secondary N) is 2. The lowest BCUT2D eigenvalue weighted by molar-refractivity contribution is 0.152. The van der Waals surface area contributed by atoms with E-state index in [1.807, 2.05) is 19.2 Å². The van der Waals surface area contributed by atoms with Gasteiger partial charge >= 0.3 is 0 Å². The van der Waals surface area contributed by atoms with Gasteiger partial charge < -0.3 is 15.2 Å². The molecule has 6 heteroatoms. The van der Waals surface area contributed by atoms with Crippen molar-refractivity contribution in [1.29, 1.82) is 0 Å². The van der Waals surface area contributed by atoms with Crippen LogP contribution in [0, 0.1) is 0 Å². The normalized spacial score (nSPS) is 17.8. The van der Waals surface area contributed by atoms with Gasteiger partial charge in [-0.1, -0.05) is 30.7 Å². The van der Waals surface area contributed by atoms with Crippen LogP contribution in [0.4, 0.5) is 0 Å². The number of aliphatic imine (C=N–C) groups is 1. The van der Waals surface area contributed by atoms with Crippen LogP contribution in [-0.4, -0.2) is 41.6 Å². The molecule has 1 atom stereocenters. The maximum atomic E-state index is 4.35. The van der Waals surface area contributed by atoms with Crippen LogP contribution >= 0.6 is 24.0 Å². The van der Waals surface area contributed by atoms with Crippen LogP contribution < -0.4 is 10.6 Å². The fourth-order valence-corrected chi connectivity index (χ4v) is 3.72. The number of hydrogen-bond acceptors (Lipinski definition) is 2. The van der Waals surface area contributed by atoms with Crippen LogP contribution in [0.3, 0.4) is 0 Å². The van der Waals surface area contributed by atoms with E-state index in [-0.39, 0.29) is 24.0 Å². The third-order valence-electron chi connectivity index (χ3n) is 5.43. The molecular weight excluding hydrogens is 461 g/mol. The van der Waals surface area contributed by atoms with Crippen molar-refractivity contribution in [3.63, 3.8) is 0 Å². The number of halogens is 1. The topological polar surface area (TPSA) is 44.6 Å². The molecule has 1 fully saturated rings. The van der Waals surface area contributed by atoms with Gasteiger partial charge in [-0.2, -0.15) is 0 Å². The van der Waals surface area contributed by atoms with Crippen LogP contribution in [0.25, 0.3) is 0 Å². The number of aromatic nitrogens is 1. The average molecular weight is 495 g/mol. The van der Waals surface area contributed by atoms with Crippen LogP contribution in [-0.2, 0) is 19.6 Å². The zero-order valence-electron chi connectivity index (χ0n) is 17.1. The Morgan fingerprint density at radius 1 is 1.07 bits per heavy atom. The molecule has 154 valence electrons. The molecule has 2 aromatic rings. The predicted octanol–water partition coefficient (Wildman–Crippen LogP) is 3.85. The smallest absolute Gasteiger partial charge is 0.191 e. The summed E-state index contributed by atoms with van der Waals surface area (Å²) in [6, 6.07) is 13.5. The average Bonchev–Trinajstić information content (AvgIpc) is 3.21. The molecule has 2 N–H and O–H groups in total. The molecule has 1 aliphatic heterocycles. The van der Waals surface area contributed by atoms with Gasteiger partial charge in [-0.05, 0) is 49.6 Å². The second kappa shape index (κ2) is 12.1. The predicted molar refractivity (Wildman–Crippen MR) is 128 cm³/mol. The zero-order valence-corrected chi connectivity index (χ0v) is 19.4. The Morgan fingerprint density at radius 3 is 2.54 bits per heavy atom. The quantitative estimate of drug-likeness (QED) is 0.349. The van der Waals surface area contributed by atoms with Crippen molar-refractivity contribution in [1.82, 2.24) is 20.1 Å². The van der Waals surface area contributed by atoms with Crippen molar-refractivity contribution in [2.45, 2.75) is 51.9 Å². The number of rotatable bonds is 7. The molecule has 1 aromatic heterocycles. The van der Waals surface area contributed by atoms with E-state index in [4.69, 9.17) is 0 Å². The molecule has 0 radical (unpaired) electrons. The minimum absolute atomic E-state index is 0. The molecular formula is C22H34IN5. The molecule has 28 heavy (non-hydrogen) atoms. The Kier molecular flexibility index (Phi) is 9.84. The molecule has 0 aliphatic carbocycles. The van der Waals surface area contributed by atoms with Gasteiger partial charge in [-0.15, -0.1) is 24.0 Å². The van der Waals surface area contributed by atoms with Gasteiger partial charge in [0.1, 0.15) is 0 Å². The molecule has 1 unspecified atom stereocenters. The Bertz CT molecular complexity index is 713. The van der Waals surface area contributed by atoms with E-state index in [0.717, 1.165) is 32.1 Å². The summed E-state index contributed by atoms with van der Waals surface area (Å²) in [7, 11) is 1.83. The van der Waals surface area contributed by atoms with E-state index in [9.17, 15) is 0 Å². The van der Waals surface area contributed by atoms with E-state index in [2.05, 4.69) is 68.7 Å². The standard InChI is InChI=1S/C22H33N5.HI/c1-19-9-5-6-15-27(19)18-21-11-4-3-10-20(21)17-25-22(23-2)24-12-16-26-13-7-8-14-26;/h3-4,7-8,10-11,13-14,19H,5-6,9,12,15-18H2,1-2H3,(H2,23,24,25);1H. The SMILES string of the molecule is CN=C(NCCn1cccc1)NCc1ccccc1CN1CCCCC1C.I. The highest BCUT2D eigenvalue weighted by atomic mass is 127. The highest BCUT2D eigenvalue weighted by Gasteiger charge is 2.19. The van der Waals surface area contributed by atoms with E-state index in [1.165, 1.54) is 36.9 Å². The van der Waals surface area contributed by atoms with Crippen molar-refractivity contribution in [3.05, 3.63) is 59.9 Å². The number of piperidine rings is 1. The zero-order chi connectivity index (χ0) is 18.9. The Labute approximate surface area is 186 Å². The number of nitrogens with zero attached hydrogens (tertiary/aromatic N) is 3. The van der Waals surface area contributed by atoms with Gasteiger partial charge in [0.25, 0.3) is 0 Å². The van der Waals surface area contributed by atoms with Gasteiger partial charge in [-0.3, -0.25) is 9.89 Å². The molecule has 0 amide bonds. The number of hydrogen-bond donors (Lipinski definition) is 2. The number of likely N-dealkylation sites (tertiary alicyclic amines) is 1. The molecule has 0 spiro atoms. The summed E-state index contributed by atoms with van der Waals surface area (Å²) in [5.74, 6) is 0.850. The summed E-state index contributed by atoms with van der Waals surface area (Å²) < 4.78 is 2.16. The van der Waals surface area contributed by atoms with Crippen LogP contribution in [0.5, 0.6) is 0 Å². The van der Waals surface area contributed by atoms with Crippen molar-refractivity contribution >= 4 is 29.9 Å². The van der Waals surface area contributed by atoms with Gasteiger partial charge in [0.2, 0.25) is 0 Å². The highest BCUT2D eigenvalue weighted by Crippen LogP contribution is 2.20.